The van der Waals surface area contributed by atoms with Crippen LogP contribution in [0.25, 0.3) is 0 Å². The third kappa shape index (κ3) is 5.99. The van der Waals surface area contributed by atoms with Gasteiger partial charge in [-0.05, 0) is 49.9 Å². The number of anilines is 1. The van der Waals surface area contributed by atoms with Gasteiger partial charge in [0.05, 0.1) is 16.1 Å². The number of hydrogen-bond acceptors (Lipinski definition) is 6. The van der Waals surface area contributed by atoms with Gasteiger partial charge in [-0.15, -0.1) is 0 Å². The molecule has 2 aromatic rings. The average molecular weight is 480 g/mol. The number of amides is 1. The van der Waals surface area contributed by atoms with Gasteiger partial charge in [-0.2, -0.15) is 0 Å². The van der Waals surface area contributed by atoms with Crippen molar-refractivity contribution in [3.63, 3.8) is 0 Å². The van der Waals surface area contributed by atoms with E-state index in [0.29, 0.717) is 23.8 Å². The molecule has 1 saturated heterocycles. The van der Waals surface area contributed by atoms with Crippen LogP contribution >= 0.6 is 11.6 Å². The highest BCUT2D eigenvalue weighted by molar-refractivity contribution is 7.92. The number of nitrogens with zero attached hydrogens (tertiary/aromatic N) is 2. The molecule has 1 atom stereocenters. The molecule has 1 aliphatic rings. The number of benzene rings is 2. The second kappa shape index (κ2) is 10.3. The van der Waals surface area contributed by atoms with Gasteiger partial charge in [0.15, 0.2) is 6.10 Å². The maximum atomic E-state index is 12.7. The van der Waals surface area contributed by atoms with E-state index in [1.807, 2.05) is 0 Å². The van der Waals surface area contributed by atoms with Crippen molar-refractivity contribution in [1.29, 1.82) is 0 Å². The highest BCUT2D eigenvalue weighted by Gasteiger charge is 2.27. The molecular formula is C22H26ClN3O5S. The van der Waals surface area contributed by atoms with Crippen molar-refractivity contribution in [3.8, 4) is 0 Å². The van der Waals surface area contributed by atoms with Crippen molar-refractivity contribution in [2.45, 2.75) is 24.8 Å². The lowest BCUT2D eigenvalue weighted by molar-refractivity contribution is -0.141. The third-order valence-electron chi connectivity index (χ3n) is 5.22. The zero-order chi connectivity index (χ0) is 23.3. The number of piperazine rings is 1. The van der Waals surface area contributed by atoms with Gasteiger partial charge in [0.2, 0.25) is 0 Å². The minimum absolute atomic E-state index is 0.0365. The molecule has 10 heteroatoms. The Morgan fingerprint density at radius 3 is 2.44 bits per heavy atom. The SMILES string of the molecule is CCN1CCN(C(=O)[C@@H](C)OC(=O)c2cccc(S(=O)(=O)Nc3cccc(Cl)c3)c2)CC1. The smallest absolute Gasteiger partial charge is 0.338 e. The Balaban J connectivity index is 1.66. The summed E-state index contributed by atoms with van der Waals surface area (Å²) in [5.41, 5.74) is 0.335. The standard InChI is InChI=1S/C22H26ClN3O5S/c1-3-25-10-12-26(13-11-25)21(27)16(2)31-22(28)17-6-4-9-20(14-17)32(29,30)24-19-8-5-7-18(23)15-19/h4-9,14-16,24H,3,10-13H2,1-2H3/t16-/m1/s1. The van der Waals surface area contributed by atoms with Gasteiger partial charge in [-0.1, -0.05) is 30.7 Å². The van der Waals surface area contributed by atoms with Crippen LogP contribution < -0.4 is 4.72 Å². The number of esters is 1. The van der Waals surface area contributed by atoms with Gasteiger partial charge in [-0.25, -0.2) is 13.2 Å². The summed E-state index contributed by atoms with van der Waals surface area (Å²) in [6.07, 6.45) is -0.972. The van der Waals surface area contributed by atoms with Crippen molar-refractivity contribution in [3.05, 3.63) is 59.1 Å². The number of nitrogens with one attached hydrogen (secondary N) is 1. The summed E-state index contributed by atoms with van der Waals surface area (Å²) < 4.78 is 33.2. The predicted octanol–water partition coefficient (Wildman–Crippen LogP) is 2.85. The second-order valence-corrected chi connectivity index (χ2v) is 9.57. The van der Waals surface area contributed by atoms with Crippen LogP contribution in [0.2, 0.25) is 5.02 Å². The third-order valence-corrected chi connectivity index (χ3v) is 6.83. The van der Waals surface area contributed by atoms with Crippen LogP contribution in [-0.2, 0) is 19.6 Å². The molecule has 0 saturated carbocycles. The lowest BCUT2D eigenvalue weighted by Crippen LogP contribution is -2.51. The molecule has 172 valence electrons. The summed E-state index contributed by atoms with van der Waals surface area (Å²) in [7, 11) is -3.95. The van der Waals surface area contributed by atoms with Crippen molar-refractivity contribution >= 4 is 39.2 Å². The summed E-state index contributed by atoms with van der Waals surface area (Å²) in [5.74, 6) is -1.03. The number of carbonyl (C=O) groups is 2. The molecule has 1 N–H and O–H groups in total. The van der Waals surface area contributed by atoms with Gasteiger partial charge in [0.1, 0.15) is 0 Å². The van der Waals surface area contributed by atoms with E-state index in [0.717, 1.165) is 19.6 Å². The second-order valence-electron chi connectivity index (χ2n) is 7.45. The van der Waals surface area contributed by atoms with Gasteiger partial charge in [-0.3, -0.25) is 9.52 Å². The summed E-state index contributed by atoms with van der Waals surface area (Å²) in [6, 6.07) is 11.8. The Labute approximate surface area is 193 Å². The van der Waals surface area contributed by atoms with Crippen LogP contribution in [0.4, 0.5) is 5.69 Å². The number of halogens is 1. The van der Waals surface area contributed by atoms with E-state index in [1.54, 1.807) is 23.1 Å². The van der Waals surface area contributed by atoms with E-state index in [-0.39, 0.29) is 16.4 Å². The van der Waals surface area contributed by atoms with Crippen LogP contribution in [0.15, 0.2) is 53.4 Å². The van der Waals surface area contributed by atoms with Crippen molar-refractivity contribution in [2.75, 3.05) is 37.4 Å². The summed E-state index contributed by atoms with van der Waals surface area (Å²) >= 11 is 5.90. The number of hydrogen-bond donors (Lipinski definition) is 1. The van der Waals surface area contributed by atoms with Crippen LogP contribution in [-0.4, -0.2) is 68.9 Å². The minimum atomic E-state index is -3.95. The fourth-order valence-corrected chi connectivity index (χ4v) is 4.66. The van der Waals surface area contributed by atoms with E-state index < -0.39 is 22.1 Å². The summed E-state index contributed by atoms with van der Waals surface area (Å²) in [4.78, 5) is 29.0. The molecule has 0 unspecified atom stereocenters. The molecule has 0 aliphatic carbocycles. The highest BCUT2D eigenvalue weighted by Crippen LogP contribution is 2.20. The molecule has 1 aliphatic heterocycles. The number of ether oxygens (including phenoxy) is 1. The first kappa shape index (κ1) is 24.0. The molecule has 0 radical (unpaired) electrons. The molecule has 2 aromatic carbocycles. The lowest BCUT2D eigenvalue weighted by Gasteiger charge is -2.35. The molecule has 1 heterocycles. The average Bonchev–Trinajstić information content (AvgIpc) is 2.78. The van der Waals surface area contributed by atoms with E-state index in [2.05, 4.69) is 16.5 Å². The topological polar surface area (TPSA) is 96.0 Å². The molecular weight excluding hydrogens is 454 g/mol. The fraction of sp³-hybridized carbons (Fsp3) is 0.364. The zero-order valence-electron chi connectivity index (χ0n) is 18.0. The van der Waals surface area contributed by atoms with Crippen molar-refractivity contribution < 1.29 is 22.7 Å². The Morgan fingerprint density at radius 2 is 1.78 bits per heavy atom. The Hall–Kier alpha value is -2.62. The van der Waals surface area contributed by atoms with Crippen molar-refractivity contribution in [1.82, 2.24) is 9.80 Å². The molecule has 0 spiro atoms. The van der Waals surface area contributed by atoms with Crippen LogP contribution in [0, 0.1) is 0 Å². The van der Waals surface area contributed by atoms with Crippen molar-refractivity contribution in [2.24, 2.45) is 0 Å². The first-order valence-corrected chi connectivity index (χ1v) is 12.2. The molecule has 8 nitrogen and oxygen atoms in total. The largest absolute Gasteiger partial charge is 0.449 e. The molecule has 1 amide bonds. The first-order valence-electron chi connectivity index (χ1n) is 10.3. The highest BCUT2D eigenvalue weighted by atomic mass is 35.5. The number of rotatable bonds is 7. The number of likely N-dealkylation sites (N-methyl/N-ethyl adjacent to an activating group) is 1. The molecule has 0 bridgehead atoms. The normalized spacial score (nSPS) is 15.8. The molecule has 1 fully saturated rings. The van der Waals surface area contributed by atoms with E-state index >= 15 is 0 Å². The molecule has 0 aromatic heterocycles. The maximum Gasteiger partial charge on any atom is 0.338 e. The minimum Gasteiger partial charge on any atom is -0.449 e. The van der Waals surface area contributed by atoms with Crippen LogP contribution in [0.5, 0.6) is 0 Å². The Morgan fingerprint density at radius 1 is 1.09 bits per heavy atom. The predicted molar refractivity (Wildman–Crippen MR) is 122 cm³/mol. The van der Waals surface area contributed by atoms with Gasteiger partial charge in [0, 0.05) is 31.2 Å². The van der Waals surface area contributed by atoms with Gasteiger partial charge >= 0.3 is 5.97 Å². The zero-order valence-corrected chi connectivity index (χ0v) is 19.5. The maximum absolute atomic E-state index is 12.7. The van der Waals surface area contributed by atoms with Gasteiger partial charge in [0.25, 0.3) is 15.9 Å². The Kier molecular flexibility index (Phi) is 7.76. The summed E-state index contributed by atoms with van der Waals surface area (Å²) in [6.45, 7) is 7.24. The monoisotopic (exact) mass is 479 g/mol. The Bertz CT molecular complexity index is 1080. The van der Waals surface area contributed by atoms with E-state index in [1.165, 1.54) is 37.3 Å². The fourth-order valence-electron chi connectivity index (χ4n) is 3.38. The molecule has 32 heavy (non-hydrogen) atoms. The first-order chi connectivity index (χ1) is 15.2. The van der Waals surface area contributed by atoms with Crippen LogP contribution in [0.3, 0.4) is 0 Å². The van der Waals surface area contributed by atoms with E-state index in [9.17, 15) is 18.0 Å². The lowest BCUT2D eigenvalue weighted by atomic mass is 10.2. The number of sulfonamides is 1. The quantitative estimate of drug-likeness (QED) is 0.613. The van der Waals surface area contributed by atoms with Crippen LogP contribution in [0.1, 0.15) is 24.2 Å². The van der Waals surface area contributed by atoms with E-state index in [4.69, 9.17) is 16.3 Å². The summed E-state index contributed by atoms with van der Waals surface area (Å²) in [5, 5.41) is 0.386. The molecule has 3 rings (SSSR count). The van der Waals surface area contributed by atoms with Gasteiger partial charge < -0.3 is 14.5 Å². The number of carbonyl (C=O) groups excluding carboxylic acids is 2.